The highest BCUT2D eigenvalue weighted by Gasteiger charge is 2.52. The van der Waals surface area contributed by atoms with E-state index < -0.39 is 18.3 Å². The highest BCUT2D eigenvalue weighted by Crippen LogP contribution is 2.38. The zero-order chi connectivity index (χ0) is 15.7. The highest BCUT2D eigenvalue weighted by atomic mass is 32.2. The molecule has 0 atom stereocenters. The summed E-state index contributed by atoms with van der Waals surface area (Å²) in [5.41, 5.74) is 0.993. The van der Waals surface area contributed by atoms with Crippen LogP contribution in [-0.2, 0) is 9.31 Å². The van der Waals surface area contributed by atoms with E-state index in [2.05, 4.69) is 12.1 Å². The summed E-state index contributed by atoms with van der Waals surface area (Å²) in [6.07, 6.45) is 3.99. The van der Waals surface area contributed by atoms with Crippen molar-refractivity contribution in [3.8, 4) is 0 Å². The fourth-order valence-corrected chi connectivity index (χ4v) is 2.60. The Morgan fingerprint density at radius 1 is 1.24 bits per heavy atom. The second kappa shape index (κ2) is 6.17. The molecule has 0 bridgehead atoms. The topological polar surface area (TPSA) is 38.7 Å². The molecule has 1 aromatic rings. The first-order valence-electron chi connectivity index (χ1n) is 7.10. The molecule has 5 heteroatoms. The molecule has 1 saturated heterocycles. The lowest BCUT2D eigenvalue weighted by molar-refractivity contribution is 0.00578. The molecule has 0 aliphatic carbocycles. The molecule has 0 aromatic heterocycles. The summed E-state index contributed by atoms with van der Waals surface area (Å²) in [4.78, 5) is 1.19. The van der Waals surface area contributed by atoms with Gasteiger partial charge in [0.1, 0.15) is 0 Å². The molecule has 0 radical (unpaired) electrons. The number of rotatable bonds is 4. The Kier molecular flexibility index (Phi) is 4.88. The van der Waals surface area contributed by atoms with Crippen LogP contribution in [0, 0.1) is 0 Å². The third-order valence-electron chi connectivity index (χ3n) is 4.18. The van der Waals surface area contributed by atoms with Gasteiger partial charge in [-0.25, -0.2) is 0 Å². The van der Waals surface area contributed by atoms with Gasteiger partial charge in [-0.3, -0.25) is 0 Å². The van der Waals surface area contributed by atoms with Crippen LogP contribution >= 0.6 is 11.8 Å². The first-order chi connectivity index (χ1) is 9.79. The monoisotopic (exact) mass is 306 g/mol. The maximum atomic E-state index is 9.68. The van der Waals surface area contributed by atoms with Gasteiger partial charge in [0.2, 0.25) is 0 Å². The molecule has 21 heavy (non-hydrogen) atoms. The Bertz CT molecular complexity index is 524. The molecule has 1 aromatic carbocycles. The van der Waals surface area contributed by atoms with Crippen LogP contribution in [0.15, 0.2) is 34.6 Å². The standard InChI is InChI=1S/C16H23BO3S/c1-15(2)16(3,4)20-17(19-15)13(11-18)9-12-7-6-8-14(10-12)21-5/h6-10,18H,11H2,1-5H3. The van der Waals surface area contributed by atoms with E-state index in [0.29, 0.717) is 0 Å². The van der Waals surface area contributed by atoms with Crippen LogP contribution < -0.4 is 0 Å². The van der Waals surface area contributed by atoms with Crippen molar-refractivity contribution < 1.29 is 14.4 Å². The molecule has 1 aliphatic heterocycles. The molecule has 1 heterocycles. The Morgan fingerprint density at radius 2 is 1.86 bits per heavy atom. The molecule has 3 nitrogen and oxygen atoms in total. The fraction of sp³-hybridized carbons (Fsp3) is 0.500. The molecular weight excluding hydrogens is 283 g/mol. The number of benzene rings is 1. The minimum atomic E-state index is -0.502. The van der Waals surface area contributed by atoms with Crippen molar-refractivity contribution in [1.82, 2.24) is 0 Å². The lowest BCUT2D eigenvalue weighted by Gasteiger charge is -2.32. The molecule has 0 unspecified atom stereocenters. The van der Waals surface area contributed by atoms with Gasteiger partial charge < -0.3 is 14.4 Å². The van der Waals surface area contributed by atoms with Crippen molar-refractivity contribution in [2.45, 2.75) is 43.8 Å². The Labute approximate surface area is 131 Å². The van der Waals surface area contributed by atoms with Crippen LogP contribution in [0.5, 0.6) is 0 Å². The van der Waals surface area contributed by atoms with E-state index in [0.717, 1.165) is 11.0 Å². The van der Waals surface area contributed by atoms with E-state index in [1.807, 2.05) is 52.2 Å². The van der Waals surface area contributed by atoms with Gasteiger partial charge in [0, 0.05) is 4.90 Å². The summed E-state index contributed by atoms with van der Waals surface area (Å²) in [5, 5.41) is 9.68. The Morgan fingerprint density at radius 3 is 2.38 bits per heavy atom. The van der Waals surface area contributed by atoms with E-state index in [4.69, 9.17) is 9.31 Å². The van der Waals surface area contributed by atoms with Gasteiger partial charge in [0.05, 0.1) is 17.8 Å². The lowest BCUT2D eigenvalue weighted by atomic mass is 9.77. The summed E-state index contributed by atoms with van der Waals surface area (Å²) in [5.74, 6) is 0. The van der Waals surface area contributed by atoms with Crippen LogP contribution in [0.3, 0.4) is 0 Å². The van der Waals surface area contributed by atoms with Crippen molar-refractivity contribution in [3.05, 3.63) is 35.3 Å². The maximum absolute atomic E-state index is 9.68. The van der Waals surface area contributed by atoms with Gasteiger partial charge in [0.25, 0.3) is 0 Å². The summed E-state index contributed by atoms with van der Waals surface area (Å²) in [7, 11) is -0.502. The fourth-order valence-electron chi connectivity index (χ4n) is 2.13. The summed E-state index contributed by atoms with van der Waals surface area (Å²) < 4.78 is 12.0. The predicted molar refractivity (Wildman–Crippen MR) is 89.4 cm³/mol. The van der Waals surface area contributed by atoms with E-state index >= 15 is 0 Å². The molecular formula is C16H23BO3S. The first kappa shape index (κ1) is 16.6. The average molecular weight is 306 g/mol. The third-order valence-corrected chi connectivity index (χ3v) is 4.91. The van der Waals surface area contributed by atoms with Gasteiger partial charge in [-0.15, -0.1) is 11.8 Å². The number of aliphatic hydroxyl groups excluding tert-OH is 1. The smallest absolute Gasteiger partial charge is 0.400 e. The lowest BCUT2D eigenvalue weighted by Crippen LogP contribution is -2.41. The quantitative estimate of drug-likeness (QED) is 0.683. The van der Waals surface area contributed by atoms with Crippen molar-refractivity contribution in [1.29, 1.82) is 0 Å². The van der Waals surface area contributed by atoms with Gasteiger partial charge in [0.15, 0.2) is 0 Å². The molecule has 1 aliphatic rings. The van der Waals surface area contributed by atoms with Crippen molar-refractivity contribution in [2.75, 3.05) is 12.9 Å². The zero-order valence-electron chi connectivity index (χ0n) is 13.3. The minimum Gasteiger partial charge on any atom is -0.400 e. The zero-order valence-corrected chi connectivity index (χ0v) is 14.2. The normalized spacial score (nSPS) is 20.9. The second-order valence-corrected chi connectivity index (χ2v) is 7.12. The van der Waals surface area contributed by atoms with Gasteiger partial charge in [-0.1, -0.05) is 18.2 Å². The largest absolute Gasteiger partial charge is 0.492 e. The highest BCUT2D eigenvalue weighted by molar-refractivity contribution is 7.98. The van der Waals surface area contributed by atoms with Crippen LogP contribution in [0.1, 0.15) is 33.3 Å². The van der Waals surface area contributed by atoms with Crippen molar-refractivity contribution >= 4 is 25.0 Å². The summed E-state index contributed by atoms with van der Waals surface area (Å²) >= 11 is 1.70. The molecule has 114 valence electrons. The van der Waals surface area contributed by atoms with Crippen LogP contribution in [0.25, 0.3) is 6.08 Å². The third kappa shape index (κ3) is 3.54. The van der Waals surface area contributed by atoms with Gasteiger partial charge >= 0.3 is 7.12 Å². The molecule has 0 saturated carbocycles. The van der Waals surface area contributed by atoms with Crippen LogP contribution in [0.4, 0.5) is 0 Å². The van der Waals surface area contributed by atoms with Crippen molar-refractivity contribution in [3.63, 3.8) is 0 Å². The molecule has 1 N–H and O–H groups in total. The van der Waals surface area contributed by atoms with Gasteiger partial charge in [-0.05, 0) is 57.1 Å². The van der Waals surface area contributed by atoms with E-state index in [-0.39, 0.29) is 6.61 Å². The molecule has 2 rings (SSSR count). The van der Waals surface area contributed by atoms with E-state index in [1.54, 1.807) is 11.8 Å². The second-order valence-electron chi connectivity index (χ2n) is 6.24. The van der Waals surface area contributed by atoms with E-state index in [9.17, 15) is 5.11 Å². The van der Waals surface area contributed by atoms with E-state index in [1.165, 1.54) is 4.90 Å². The van der Waals surface area contributed by atoms with Gasteiger partial charge in [-0.2, -0.15) is 0 Å². The Hall–Kier alpha value is -0.745. The Balaban J connectivity index is 2.26. The summed E-state index contributed by atoms with van der Waals surface area (Å²) in [6, 6.07) is 8.18. The van der Waals surface area contributed by atoms with Crippen molar-refractivity contribution in [2.24, 2.45) is 0 Å². The van der Waals surface area contributed by atoms with Crippen LogP contribution in [-0.4, -0.2) is 36.3 Å². The average Bonchev–Trinajstić information content (AvgIpc) is 2.65. The number of hydrogen-bond acceptors (Lipinski definition) is 4. The number of thioether (sulfide) groups is 1. The summed E-state index contributed by atoms with van der Waals surface area (Å²) in [6.45, 7) is 7.96. The predicted octanol–water partition coefficient (Wildman–Crippen LogP) is 3.42. The maximum Gasteiger partial charge on any atom is 0.492 e. The minimum absolute atomic E-state index is 0.0830. The molecule has 1 fully saturated rings. The first-order valence-corrected chi connectivity index (χ1v) is 8.32. The molecule has 0 spiro atoms. The number of hydrogen-bond donors (Lipinski definition) is 1. The van der Waals surface area contributed by atoms with Crippen LogP contribution in [0.2, 0.25) is 0 Å². The SMILES string of the molecule is CSc1cccc(C=C(CO)B2OC(C)(C)C(C)(C)O2)c1. The molecule has 0 amide bonds. The number of aliphatic hydroxyl groups is 1.